The molecule has 2 aliphatic rings. The topological polar surface area (TPSA) is 49.2 Å². The highest BCUT2D eigenvalue weighted by Crippen LogP contribution is 2.46. The smallest absolute Gasteiger partial charge is 0.191 e. The van der Waals surface area contributed by atoms with Crippen LogP contribution in [0.2, 0.25) is 0 Å². The van der Waals surface area contributed by atoms with E-state index in [0.717, 1.165) is 28.0 Å². The Hall–Kier alpha value is -1.69. The molecule has 0 N–H and O–H groups in total. The number of thioether (sulfide) groups is 1. The van der Waals surface area contributed by atoms with Crippen LogP contribution in [-0.4, -0.2) is 29.0 Å². The predicted octanol–water partition coefficient (Wildman–Crippen LogP) is 3.80. The fourth-order valence-electron chi connectivity index (χ4n) is 2.82. The molecule has 2 saturated carbocycles. The molecule has 0 atom stereocenters. The highest BCUT2D eigenvalue weighted by Gasteiger charge is 2.36. The number of methoxy groups -OCH3 is 2. The van der Waals surface area contributed by atoms with Gasteiger partial charge in [-0.1, -0.05) is 11.8 Å². The van der Waals surface area contributed by atoms with Gasteiger partial charge in [0.15, 0.2) is 5.16 Å². The third-order valence-corrected chi connectivity index (χ3v) is 5.38. The summed E-state index contributed by atoms with van der Waals surface area (Å²) in [6.07, 6.45) is 5.04. The predicted molar refractivity (Wildman–Crippen MR) is 89.4 cm³/mol. The first kappa shape index (κ1) is 14.9. The number of benzene rings is 1. The minimum Gasteiger partial charge on any atom is -0.497 e. The lowest BCUT2D eigenvalue weighted by Crippen LogP contribution is -2.02. The summed E-state index contributed by atoms with van der Waals surface area (Å²) in [7, 11) is 3.39. The third kappa shape index (κ3) is 3.04. The lowest BCUT2D eigenvalue weighted by Gasteiger charge is -2.11. The summed E-state index contributed by atoms with van der Waals surface area (Å²) in [6.45, 7) is 0. The number of rotatable bonds is 7. The monoisotopic (exact) mass is 331 g/mol. The molecule has 0 spiro atoms. The van der Waals surface area contributed by atoms with Gasteiger partial charge in [-0.3, -0.25) is 0 Å². The van der Waals surface area contributed by atoms with Crippen molar-refractivity contribution in [2.75, 3.05) is 14.2 Å². The van der Waals surface area contributed by atoms with Crippen LogP contribution in [-0.2, 0) is 5.75 Å². The van der Waals surface area contributed by atoms with Crippen LogP contribution in [0.15, 0.2) is 23.4 Å². The Bertz CT molecular complexity index is 708. The van der Waals surface area contributed by atoms with E-state index in [-0.39, 0.29) is 0 Å². The van der Waals surface area contributed by atoms with E-state index in [2.05, 4.69) is 14.8 Å². The van der Waals surface area contributed by atoms with Crippen LogP contribution in [0.1, 0.15) is 49.0 Å². The van der Waals surface area contributed by atoms with E-state index in [9.17, 15) is 0 Å². The van der Waals surface area contributed by atoms with Crippen molar-refractivity contribution in [1.29, 1.82) is 0 Å². The summed E-state index contributed by atoms with van der Waals surface area (Å²) in [6, 6.07) is 6.53. The molecule has 1 aromatic carbocycles. The van der Waals surface area contributed by atoms with Crippen LogP contribution in [0.25, 0.3) is 0 Å². The van der Waals surface area contributed by atoms with Crippen LogP contribution in [0.5, 0.6) is 11.5 Å². The van der Waals surface area contributed by atoms with Crippen LogP contribution in [0, 0.1) is 0 Å². The third-order valence-electron chi connectivity index (χ3n) is 4.39. The van der Waals surface area contributed by atoms with Gasteiger partial charge in [-0.2, -0.15) is 0 Å². The van der Waals surface area contributed by atoms with Crippen molar-refractivity contribution in [2.24, 2.45) is 0 Å². The van der Waals surface area contributed by atoms with Gasteiger partial charge in [0.2, 0.25) is 0 Å². The minimum absolute atomic E-state index is 0.621. The Balaban J connectivity index is 1.55. The van der Waals surface area contributed by atoms with E-state index in [0.29, 0.717) is 12.0 Å². The highest BCUT2D eigenvalue weighted by atomic mass is 32.2. The van der Waals surface area contributed by atoms with Crippen molar-refractivity contribution in [3.63, 3.8) is 0 Å². The summed E-state index contributed by atoms with van der Waals surface area (Å²) < 4.78 is 13.2. The van der Waals surface area contributed by atoms with E-state index >= 15 is 0 Å². The van der Waals surface area contributed by atoms with Crippen molar-refractivity contribution in [2.45, 2.75) is 48.6 Å². The summed E-state index contributed by atoms with van der Waals surface area (Å²) in [5, 5.41) is 9.96. The molecule has 0 bridgehead atoms. The zero-order chi connectivity index (χ0) is 15.8. The Morgan fingerprint density at radius 3 is 2.61 bits per heavy atom. The Kier molecular flexibility index (Phi) is 3.93. The van der Waals surface area contributed by atoms with Crippen LogP contribution < -0.4 is 9.47 Å². The largest absolute Gasteiger partial charge is 0.497 e. The number of aromatic nitrogens is 3. The first-order valence-corrected chi connectivity index (χ1v) is 9.07. The average Bonchev–Trinajstić information content (AvgIpc) is 3.51. The van der Waals surface area contributed by atoms with Crippen LogP contribution in [0.3, 0.4) is 0 Å². The molecule has 2 fully saturated rings. The van der Waals surface area contributed by atoms with Gasteiger partial charge in [0.1, 0.15) is 17.3 Å². The molecule has 2 aliphatic carbocycles. The normalized spacial score (nSPS) is 17.3. The molecule has 6 heteroatoms. The first-order valence-electron chi connectivity index (χ1n) is 8.08. The first-order chi connectivity index (χ1) is 11.3. The maximum Gasteiger partial charge on any atom is 0.191 e. The molecule has 1 heterocycles. The van der Waals surface area contributed by atoms with Crippen molar-refractivity contribution in [1.82, 2.24) is 14.8 Å². The molecule has 23 heavy (non-hydrogen) atoms. The molecule has 5 nitrogen and oxygen atoms in total. The molecule has 4 rings (SSSR count). The maximum atomic E-state index is 5.47. The second-order valence-corrected chi connectivity index (χ2v) is 7.13. The van der Waals surface area contributed by atoms with Crippen molar-refractivity contribution < 1.29 is 9.47 Å². The Labute approximate surface area is 140 Å². The average molecular weight is 331 g/mol. The molecule has 2 aromatic rings. The van der Waals surface area contributed by atoms with Gasteiger partial charge >= 0.3 is 0 Å². The molecule has 1 aromatic heterocycles. The van der Waals surface area contributed by atoms with E-state index in [1.54, 1.807) is 26.0 Å². The second kappa shape index (κ2) is 6.07. The van der Waals surface area contributed by atoms with Gasteiger partial charge in [0.05, 0.1) is 14.2 Å². The molecule has 122 valence electrons. The van der Waals surface area contributed by atoms with Gasteiger partial charge in [-0.15, -0.1) is 10.2 Å². The zero-order valence-electron chi connectivity index (χ0n) is 13.5. The molecule has 0 amide bonds. The number of hydrogen-bond acceptors (Lipinski definition) is 5. The SMILES string of the molecule is COc1ccc(OC)c(CSc2nnc(C3CC3)n2C2CC2)c1. The summed E-state index contributed by atoms with van der Waals surface area (Å²) in [5.74, 6) is 4.38. The summed E-state index contributed by atoms with van der Waals surface area (Å²) in [4.78, 5) is 0. The molecule has 0 saturated heterocycles. The fraction of sp³-hybridized carbons (Fsp3) is 0.529. The van der Waals surface area contributed by atoms with Crippen molar-refractivity contribution in [3.05, 3.63) is 29.6 Å². The van der Waals surface area contributed by atoms with E-state index in [1.165, 1.54) is 31.5 Å². The Morgan fingerprint density at radius 2 is 1.96 bits per heavy atom. The van der Waals surface area contributed by atoms with Crippen molar-refractivity contribution >= 4 is 11.8 Å². The van der Waals surface area contributed by atoms with Gasteiger partial charge in [-0.05, 0) is 43.9 Å². The molecular weight excluding hydrogens is 310 g/mol. The van der Waals surface area contributed by atoms with Gasteiger partial charge < -0.3 is 14.0 Å². The van der Waals surface area contributed by atoms with E-state index in [4.69, 9.17) is 9.47 Å². The standard InChI is InChI=1S/C17H21N3O2S/c1-21-14-7-8-15(22-2)12(9-14)10-23-17-19-18-16(11-3-4-11)20(17)13-5-6-13/h7-9,11,13H,3-6,10H2,1-2H3. The number of nitrogens with zero attached hydrogens (tertiary/aromatic N) is 3. The Morgan fingerprint density at radius 1 is 1.13 bits per heavy atom. The highest BCUT2D eigenvalue weighted by molar-refractivity contribution is 7.98. The lowest BCUT2D eigenvalue weighted by molar-refractivity contribution is 0.400. The second-order valence-electron chi connectivity index (χ2n) is 6.18. The van der Waals surface area contributed by atoms with E-state index in [1.807, 2.05) is 18.2 Å². The van der Waals surface area contributed by atoms with Gasteiger partial charge in [0.25, 0.3) is 0 Å². The van der Waals surface area contributed by atoms with Gasteiger partial charge in [0, 0.05) is 23.3 Å². The number of hydrogen-bond donors (Lipinski definition) is 0. The quantitative estimate of drug-likeness (QED) is 0.722. The number of ether oxygens (including phenoxy) is 2. The van der Waals surface area contributed by atoms with Gasteiger partial charge in [-0.25, -0.2) is 0 Å². The minimum atomic E-state index is 0.621. The van der Waals surface area contributed by atoms with Crippen LogP contribution >= 0.6 is 11.8 Å². The molecule has 0 radical (unpaired) electrons. The van der Waals surface area contributed by atoms with E-state index < -0.39 is 0 Å². The zero-order valence-corrected chi connectivity index (χ0v) is 14.3. The molecule has 0 unspecified atom stereocenters. The molecular formula is C17H21N3O2S. The molecule has 0 aliphatic heterocycles. The van der Waals surface area contributed by atoms with Crippen LogP contribution in [0.4, 0.5) is 0 Å². The lowest BCUT2D eigenvalue weighted by atomic mass is 10.2. The summed E-state index contributed by atoms with van der Waals surface area (Å²) >= 11 is 1.74. The fourth-order valence-corrected chi connectivity index (χ4v) is 3.81. The maximum absolute atomic E-state index is 5.47. The van der Waals surface area contributed by atoms with Crippen molar-refractivity contribution in [3.8, 4) is 11.5 Å². The summed E-state index contributed by atoms with van der Waals surface area (Å²) in [5.41, 5.74) is 1.12.